The van der Waals surface area contributed by atoms with Gasteiger partial charge in [-0.3, -0.25) is 14.2 Å². The summed E-state index contributed by atoms with van der Waals surface area (Å²) in [5.74, 6) is -0.829. The molecule has 2 aromatic carbocycles. The summed E-state index contributed by atoms with van der Waals surface area (Å²) in [6, 6.07) is 15.8. The molecule has 7 nitrogen and oxygen atoms in total. The van der Waals surface area contributed by atoms with E-state index in [1.54, 1.807) is 67.0 Å². The Kier molecular flexibility index (Phi) is 5.52. The van der Waals surface area contributed by atoms with Crippen molar-refractivity contribution in [2.24, 2.45) is 5.73 Å². The van der Waals surface area contributed by atoms with Gasteiger partial charge >= 0.3 is 6.18 Å². The Morgan fingerprint density at radius 3 is 2.46 bits per heavy atom. The van der Waals surface area contributed by atoms with Gasteiger partial charge in [0.15, 0.2) is 5.69 Å². The number of carbonyl (C=O) groups is 2. The lowest BCUT2D eigenvalue weighted by Gasteiger charge is -2.18. The molecular weight excluding hydrogens is 459 g/mol. The van der Waals surface area contributed by atoms with Gasteiger partial charge in [-0.25, -0.2) is 4.68 Å². The van der Waals surface area contributed by atoms with E-state index in [4.69, 9.17) is 5.73 Å². The molecule has 0 atom stereocenters. The van der Waals surface area contributed by atoms with Crippen LogP contribution in [0.5, 0.6) is 0 Å². The molecular formula is C25H20F3N5O2. The molecule has 0 aliphatic carbocycles. The summed E-state index contributed by atoms with van der Waals surface area (Å²) < 4.78 is 43.0. The van der Waals surface area contributed by atoms with E-state index >= 15 is 0 Å². The van der Waals surface area contributed by atoms with Crippen molar-refractivity contribution in [2.45, 2.75) is 19.1 Å². The van der Waals surface area contributed by atoms with E-state index in [2.05, 4.69) is 5.10 Å². The fourth-order valence-electron chi connectivity index (χ4n) is 4.19. The van der Waals surface area contributed by atoms with E-state index in [0.717, 1.165) is 16.3 Å². The van der Waals surface area contributed by atoms with Crippen LogP contribution < -0.4 is 10.6 Å². The van der Waals surface area contributed by atoms with E-state index in [-0.39, 0.29) is 24.7 Å². The maximum absolute atomic E-state index is 13.5. The van der Waals surface area contributed by atoms with Gasteiger partial charge in [0, 0.05) is 42.8 Å². The van der Waals surface area contributed by atoms with Crippen LogP contribution in [0.2, 0.25) is 0 Å². The van der Waals surface area contributed by atoms with Crippen LogP contribution in [0, 0.1) is 0 Å². The number of benzene rings is 2. The zero-order chi connectivity index (χ0) is 24.7. The molecule has 0 unspecified atom stereocenters. The third-order valence-electron chi connectivity index (χ3n) is 5.92. The van der Waals surface area contributed by atoms with Gasteiger partial charge in [0.05, 0.1) is 5.69 Å². The first-order valence-corrected chi connectivity index (χ1v) is 10.9. The Morgan fingerprint density at radius 1 is 0.971 bits per heavy atom. The van der Waals surface area contributed by atoms with E-state index < -0.39 is 17.8 Å². The molecule has 0 fully saturated rings. The summed E-state index contributed by atoms with van der Waals surface area (Å²) in [5, 5.41) is 3.70. The molecule has 10 heteroatoms. The predicted molar refractivity (Wildman–Crippen MR) is 122 cm³/mol. The monoisotopic (exact) mass is 479 g/mol. The summed E-state index contributed by atoms with van der Waals surface area (Å²) in [5.41, 5.74) is 7.07. The molecule has 1 aliphatic rings. The first kappa shape index (κ1) is 22.6. The number of alkyl halides is 3. The Morgan fingerprint density at radius 2 is 1.74 bits per heavy atom. The first-order valence-electron chi connectivity index (χ1n) is 10.9. The topological polar surface area (TPSA) is 86.2 Å². The highest BCUT2D eigenvalue weighted by atomic mass is 19.4. The van der Waals surface area contributed by atoms with Crippen LogP contribution in [0.15, 0.2) is 73.1 Å². The third kappa shape index (κ3) is 4.12. The summed E-state index contributed by atoms with van der Waals surface area (Å²) in [6.07, 6.45) is -0.964. The Hall–Kier alpha value is -4.18. The SMILES string of the molecule is NCc1cccc(-n2nc(C(F)(F)F)cc2C(=O)N2CCc3cc(C(=O)n4cccc4)ccc32)c1. The maximum Gasteiger partial charge on any atom is 0.435 e. The molecule has 178 valence electrons. The molecule has 0 saturated carbocycles. The smallest absolute Gasteiger partial charge is 0.326 e. The van der Waals surface area contributed by atoms with Gasteiger partial charge in [-0.1, -0.05) is 12.1 Å². The highest BCUT2D eigenvalue weighted by Gasteiger charge is 2.38. The summed E-state index contributed by atoms with van der Waals surface area (Å²) in [4.78, 5) is 27.6. The molecule has 0 bridgehead atoms. The lowest BCUT2D eigenvalue weighted by molar-refractivity contribution is -0.141. The van der Waals surface area contributed by atoms with Gasteiger partial charge in [-0.2, -0.15) is 18.3 Å². The lowest BCUT2D eigenvalue weighted by Crippen LogP contribution is -2.30. The Balaban J connectivity index is 1.52. The van der Waals surface area contributed by atoms with Crippen molar-refractivity contribution < 1.29 is 22.8 Å². The molecule has 35 heavy (non-hydrogen) atoms. The van der Waals surface area contributed by atoms with Crippen LogP contribution in [-0.2, 0) is 19.1 Å². The average Bonchev–Trinajstić information content (AvgIpc) is 3.62. The van der Waals surface area contributed by atoms with Crippen LogP contribution in [-0.4, -0.2) is 32.7 Å². The van der Waals surface area contributed by atoms with Crippen LogP contribution in [0.25, 0.3) is 5.69 Å². The first-order chi connectivity index (χ1) is 16.8. The van der Waals surface area contributed by atoms with Gasteiger partial charge in [0.1, 0.15) is 5.69 Å². The maximum atomic E-state index is 13.5. The molecule has 1 amide bonds. The number of amides is 1. The number of carbonyl (C=O) groups excluding carboxylic acids is 2. The quantitative estimate of drug-likeness (QED) is 0.479. The van der Waals surface area contributed by atoms with Crippen molar-refractivity contribution in [1.29, 1.82) is 0 Å². The van der Waals surface area contributed by atoms with E-state index in [9.17, 15) is 22.8 Å². The summed E-state index contributed by atoms with van der Waals surface area (Å²) in [6.45, 7) is 0.457. The van der Waals surface area contributed by atoms with Crippen LogP contribution >= 0.6 is 0 Å². The molecule has 1 aliphatic heterocycles. The number of nitrogens with zero attached hydrogens (tertiary/aromatic N) is 4. The molecule has 0 spiro atoms. The number of aromatic nitrogens is 3. The standard InChI is InChI=1S/C25H20F3N5O2/c26-25(27,28)22-14-21(33(30-22)19-5-3-4-16(12-19)15-29)24(35)32-11-8-17-13-18(6-7-20(17)32)23(34)31-9-1-2-10-31/h1-7,9-10,12-14H,8,11,15,29H2. The fraction of sp³-hybridized carbons (Fsp3) is 0.160. The van der Waals surface area contributed by atoms with E-state index in [1.807, 2.05) is 0 Å². The normalized spacial score (nSPS) is 13.2. The molecule has 3 heterocycles. The molecule has 0 radical (unpaired) electrons. The van der Waals surface area contributed by atoms with Gasteiger partial charge in [0.2, 0.25) is 0 Å². The molecule has 2 aromatic heterocycles. The van der Waals surface area contributed by atoms with Crippen molar-refractivity contribution in [1.82, 2.24) is 14.3 Å². The van der Waals surface area contributed by atoms with Crippen LogP contribution in [0.4, 0.5) is 18.9 Å². The Labute approximate surface area is 198 Å². The minimum absolute atomic E-state index is 0.189. The second-order valence-corrected chi connectivity index (χ2v) is 8.14. The average molecular weight is 479 g/mol. The zero-order valence-corrected chi connectivity index (χ0v) is 18.4. The van der Waals surface area contributed by atoms with E-state index in [0.29, 0.717) is 28.9 Å². The van der Waals surface area contributed by atoms with Crippen LogP contribution in [0.1, 0.15) is 37.7 Å². The van der Waals surface area contributed by atoms with Crippen LogP contribution in [0.3, 0.4) is 0 Å². The van der Waals surface area contributed by atoms with Crippen molar-refractivity contribution in [2.75, 3.05) is 11.4 Å². The largest absolute Gasteiger partial charge is 0.435 e. The number of hydrogen-bond donors (Lipinski definition) is 1. The fourth-order valence-corrected chi connectivity index (χ4v) is 4.19. The molecule has 0 saturated heterocycles. The minimum Gasteiger partial charge on any atom is -0.326 e. The highest BCUT2D eigenvalue weighted by Crippen LogP contribution is 2.33. The Bertz CT molecular complexity index is 1420. The highest BCUT2D eigenvalue weighted by molar-refractivity contribution is 6.07. The van der Waals surface area contributed by atoms with Gasteiger partial charge in [-0.05, 0) is 60.0 Å². The van der Waals surface area contributed by atoms with Gasteiger partial charge in [0.25, 0.3) is 11.8 Å². The van der Waals surface area contributed by atoms with Gasteiger partial charge < -0.3 is 10.6 Å². The number of rotatable bonds is 4. The molecule has 5 rings (SSSR count). The van der Waals surface area contributed by atoms with Crippen molar-refractivity contribution in [3.8, 4) is 5.69 Å². The number of nitrogens with two attached hydrogens (primary N) is 1. The zero-order valence-electron chi connectivity index (χ0n) is 18.4. The second kappa shape index (κ2) is 8.55. The second-order valence-electron chi connectivity index (χ2n) is 8.14. The lowest BCUT2D eigenvalue weighted by atomic mass is 10.1. The van der Waals surface area contributed by atoms with E-state index in [1.165, 1.54) is 9.47 Å². The van der Waals surface area contributed by atoms with Crippen molar-refractivity contribution in [3.05, 3.63) is 101 Å². The third-order valence-corrected chi connectivity index (χ3v) is 5.92. The van der Waals surface area contributed by atoms with Crippen molar-refractivity contribution >= 4 is 17.5 Å². The predicted octanol–water partition coefficient (Wildman–Crippen LogP) is 4.04. The number of anilines is 1. The summed E-state index contributed by atoms with van der Waals surface area (Å²) >= 11 is 0. The minimum atomic E-state index is -4.72. The number of halogens is 3. The van der Waals surface area contributed by atoms with Crippen molar-refractivity contribution in [3.63, 3.8) is 0 Å². The van der Waals surface area contributed by atoms with Gasteiger partial charge in [-0.15, -0.1) is 0 Å². The summed E-state index contributed by atoms with van der Waals surface area (Å²) in [7, 11) is 0. The molecule has 2 N–H and O–H groups in total. The number of fused-ring (bicyclic) bond motifs is 1. The molecule has 4 aromatic rings. The number of hydrogen-bond acceptors (Lipinski definition) is 4.